The van der Waals surface area contributed by atoms with E-state index in [0.717, 1.165) is 12.3 Å². The summed E-state index contributed by atoms with van der Waals surface area (Å²) in [4.78, 5) is 12.1. The molecule has 5 heteroatoms. The summed E-state index contributed by atoms with van der Waals surface area (Å²) < 4.78 is 10.2. The molecule has 0 spiro atoms. The van der Waals surface area contributed by atoms with Crippen LogP contribution in [-0.4, -0.2) is 51.5 Å². The molecule has 20 heavy (non-hydrogen) atoms. The van der Waals surface area contributed by atoms with Crippen LogP contribution in [0.5, 0.6) is 0 Å². The number of carbonyl (C=O) groups is 1. The van der Waals surface area contributed by atoms with E-state index in [1.54, 1.807) is 7.11 Å². The van der Waals surface area contributed by atoms with Crippen molar-refractivity contribution in [1.29, 1.82) is 0 Å². The molecule has 3 unspecified atom stereocenters. The van der Waals surface area contributed by atoms with E-state index >= 15 is 0 Å². The van der Waals surface area contributed by atoms with Crippen LogP contribution in [0.25, 0.3) is 0 Å². The standard InChI is InChI=1S/C15H28N2O3/c1-19-10-11-20-9-8-16-15(18)14-7-6-12-4-2-3-5-13(12)17-14/h12-14,17H,2-11H2,1H3,(H,16,18). The van der Waals surface area contributed by atoms with Crippen molar-refractivity contribution in [2.75, 3.05) is 33.5 Å². The average Bonchev–Trinajstić information content (AvgIpc) is 2.50. The monoisotopic (exact) mass is 284 g/mol. The highest BCUT2D eigenvalue weighted by molar-refractivity contribution is 5.81. The van der Waals surface area contributed by atoms with Gasteiger partial charge in [-0.15, -0.1) is 0 Å². The average molecular weight is 284 g/mol. The first kappa shape index (κ1) is 15.7. The first-order chi connectivity index (χ1) is 9.81. The van der Waals surface area contributed by atoms with E-state index in [2.05, 4.69) is 10.6 Å². The molecule has 5 nitrogen and oxygen atoms in total. The van der Waals surface area contributed by atoms with E-state index in [9.17, 15) is 4.79 Å². The van der Waals surface area contributed by atoms with E-state index < -0.39 is 0 Å². The van der Waals surface area contributed by atoms with E-state index in [1.807, 2.05) is 0 Å². The molecule has 3 atom stereocenters. The molecule has 0 aromatic rings. The van der Waals surface area contributed by atoms with Gasteiger partial charge in [-0.25, -0.2) is 0 Å². The lowest BCUT2D eigenvalue weighted by Crippen LogP contribution is -2.55. The van der Waals surface area contributed by atoms with Gasteiger partial charge in [-0.05, 0) is 31.6 Å². The fraction of sp³-hybridized carbons (Fsp3) is 0.933. The van der Waals surface area contributed by atoms with Crippen LogP contribution in [0.2, 0.25) is 0 Å². The third-order valence-electron chi connectivity index (χ3n) is 4.44. The maximum absolute atomic E-state index is 12.1. The van der Waals surface area contributed by atoms with Crippen LogP contribution in [-0.2, 0) is 14.3 Å². The molecule has 1 heterocycles. The van der Waals surface area contributed by atoms with Crippen molar-refractivity contribution in [2.24, 2.45) is 5.92 Å². The molecule has 1 amide bonds. The lowest BCUT2D eigenvalue weighted by molar-refractivity contribution is -0.124. The second-order valence-corrected chi connectivity index (χ2v) is 5.84. The molecule has 116 valence electrons. The van der Waals surface area contributed by atoms with Crippen LogP contribution in [0, 0.1) is 5.92 Å². The van der Waals surface area contributed by atoms with Crippen molar-refractivity contribution < 1.29 is 14.3 Å². The Morgan fingerprint density at radius 1 is 1.15 bits per heavy atom. The van der Waals surface area contributed by atoms with Gasteiger partial charge in [0.1, 0.15) is 0 Å². The number of amides is 1. The molecular weight excluding hydrogens is 256 g/mol. The second-order valence-electron chi connectivity index (χ2n) is 5.84. The number of carbonyl (C=O) groups excluding carboxylic acids is 1. The van der Waals surface area contributed by atoms with Gasteiger partial charge >= 0.3 is 0 Å². The van der Waals surface area contributed by atoms with Crippen LogP contribution in [0.1, 0.15) is 38.5 Å². The van der Waals surface area contributed by atoms with Gasteiger partial charge in [-0.1, -0.05) is 12.8 Å². The highest BCUT2D eigenvalue weighted by atomic mass is 16.5. The summed E-state index contributed by atoms with van der Waals surface area (Å²) >= 11 is 0. The van der Waals surface area contributed by atoms with Gasteiger partial charge in [0.25, 0.3) is 0 Å². The molecule has 2 N–H and O–H groups in total. The lowest BCUT2D eigenvalue weighted by Gasteiger charge is -2.39. The van der Waals surface area contributed by atoms with Crippen molar-refractivity contribution in [3.05, 3.63) is 0 Å². The molecule has 2 fully saturated rings. The minimum Gasteiger partial charge on any atom is -0.382 e. The highest BCUT2D eigenvalue weighted by Gasteiger charge is 2.34. The predicted octanol–water partition coefficient (Wildman–Crippen LogP) is 1.08. The Labute approximate surface area is 121 Å². The Morgan fingerprint density at radius 2 is 2.00 bits per heavy atom. The number of hydrogen-bond donors (Lipinski definition) is 2. The summed E-state index contributed by atoms with van der Waals surface area (Å²) in [6.07, 6.45) is 7.39. The van der Waals surface area contributed by atoms with Crippen LogP contribution in [0.15, 0.2) is 0 Å². The number of methoxy groups -OCH3 is 1. The first-order valence-electron chi connectivity index (χ1n) is 7.91. The van der Waals surface area contributed by atoms with Gasteiger partial charge < -0.3 is 20.1 Å². The summed E-state index contributed by atoms with van der Waals surface area (Å²) in [5.41, 5.74) is 0. The Morgan fingerprint density at radius 3 is 2.85 bits per heavy atom. The summed E-state index contributed by atoms with van der Waals surface area (Å²) in [5, 5.41) is 6.50. The third-order valence-corrected chi connectivity index (χ3v) is 4.44. The molecule has 1 saturated carbocycles. The van der Waals surface area contributed by atoms with E-state index in [4.69, 9.17) is 9.47 Å². The third kappa shape index (κ3) is 4.72. The maximum Gasteiger partial charge on any atom is 0.237 e. The van der Waals surface area contributed by atoms with Crippen LogP contribution >= 0.6 is 0 Å². The quantitative estimate of drug-likeness (QED) is 0.687. The fourth-order valence-corrected chi connectivity index (χ4v) is 3.32. The number of ether oxygens (including phenoxy) is 2. The zero-order chi connectivity index (χ0) is 14.2. The second kappa shape index (κ2) is 8.60. The molecule has 1 saturated heterocycles. The number of rotatable bonds is 7. The van der Waals surface area contributed by atoms with Crippen molar-refractivity contribution in [3.63, 3.8) is 0 Å². The molecule has 0 radical (unpaired) electrons. The van der Waals surface area contributed by atoms with E-state index in [1.165, 1.54) is 32.1 Å². The predicted molar refractivity (Wildman–Crippen MR) is 77.6 cm³/mol. The number of nitrogens with one attached hydrogen (secondary N) is 2. The zero-order valence-corrected chi connectivity index (χ0v) is 12.5. The van der Waals surface area contributed by atoms with Gasteiger partial charge in [0.2, 0.25) is 5.91 Å². The largest absolute Gasteiger partial charge is 0.382 e. The van der Waals surface area contributed by atoms with Crippen LogP contribution < -0.4 is 10.6 Å². The molecule has 0 aromatic heterocycles. The molecular formula is C15H28N2O3. The van der Waals surface area contributed by atoms with Crippen molar-refractivity contribution in [3.8, 4) is 0 Å². The highest BCUT2D eigenvalue weighted by Crippen LogP contribution is 2.32. The van der Waals surface area contributed by atoms with Crippen molar-refractivity contribution >= 4 is 5.91 Å². The lowest BCUT2D eigenvalue weighted by atomic mass is 9.77. The normalized spacial score (nSPS) is 29.8. The zero-order valence-electron chi connectivity index (χ0n) is 12.5. The van der Waals surface area contributed by atoms with Crippen molar-refractivity contribution in [2.45, 2.75) is 50.6 Å². The summed E-state index contributed by atoms with van der Waals surface area (Å²) in [5.74, 6) is 0.926. The minimum atomic E-state index is -0.00618. The van der Waals surface area contributed by atoms with Crippen LogP contribution in [0.4, 0.5) is 0 Å². The Balaban J connectivity index is 1.60. The van der Waals surface area contributed by atoms with E-state index in [-0.39, 0.29) is 11.9 Å². The Kier molecular flexibility index (Phi) is 6.76. The SMILES string of the molecule is COCCOCCNC(=O)C1CCC2CCCCC2N1. The van der Waals surface area contributed by atoms with Gasteiger partial charge in [-0.3, -0.25) is 4.79 Å². The Hall–Kier alpha value is -0.650. The van der Waals surface area contributed by atoms with Gasteiger partial charge in [0, 0.05) is 19.7 Å². The Bertz CT molecular complexity index is 299. The fourth-order valence-electron chi connectivity index (χ4n) is 3.32. The summed E-state index contributed by atoms with van der Waals surface area (Å²) in [6, 6.07) is 0.555. The number of hydrogen-bond acceptors (Lipinski definition) is 4. The van der Waals surface area contributed by atoms with Crippen LogP contribution in [0.3, 0.4) is 0 Å². The topological polar surface area (TPSA) is 59.6 Å². The molecule has 2 aliphatic rings. The molecule has 1 aliphatic heterocycles. The van der Waals surface area contributed by atoms with E-state index in [0.29, 0.717) is 32.4 Å². The molecule has 2 rings (SSSR count). The molecule has 0 aromatic carbocycles. The van der Waals surface area contributed by atoms with Gasteiger partial charge in [-0.2, -0.15) is 0 Å². The number of piperidine rings is 1. The maximum atomic E-state index is 12.1. The number of fused-ring (bicyclic) bond motifs is 1. The molecule has 1 aliphatic carbocycles. The smallest absolute Gasteiger partial charge is 0.237 e. The van der Waals surface area contributed by atoms with Crippen molar-refractivity contribution in [1.82, 2.24) is 10.6 Å². The van der Waals surface area contributed by atoms with Gasteiger partial charge in [0.15, 0.2) is 0 Å². The summed E-state index contributed by atoms with van der Waals surface area (Å²) in [6.45, 7) is 2.31. The molecule has 0 bridgehead atoms. The van der Waals surface area contributed by atoms with Gasteiger partial charge in [0.05, 0.1) is 25.9 Å². The minimum absolute atomic E-state index is 0.00618. The first-order valence-corrected chi connectivity index (χ1v) is 7.91. The summed E-state index contributed by atoms with van der Waals surface area (Å²) in [7, 11) is 1.65.